The van der Waals surface area contributed by atoms with Crippen LogP contribution in [0.25, 0.3) is 11.3 Å². The highest BCUT2D eigenvalue weighted by atomic mass is 35.5. The highest BCUT2D eigenvalue weighted by Gasteiger charge is 2.52. The number of furan rings is 1. The van der Waals surface area contributed by atoms with E-state index < -0.39 is 0 Å². The lowest BCUT2D eigenvalue weighted by Crippen LogP contribution is -2.54. The molecule has 0 amide bonds. The summed E-state index contributed by atoms with van der Waals surface area (Å²) in [6.07, 6.45) is 8.85. The Labute approximate surface area is 167 Å². The molecule has 2 nitrogen and oxygen atoms in total. The average Bonchev–Trinajstić information content (AvgIpc) is 3.10. The molecule has 4 fully saturated rings. The molecule has 4 aliphatic carbocycles. The molecule has 1 aromatic carbocycles. The van der Waals surface area contributed by atoms with Crippen molar-refractivity contribution in [2.24, 2.45) is 23.2 Å². The van der Waals surface area contributed by atoms with Crippen molar-refractivity contribution in [2.75, 3.05) is 0 Å². The van der Waals surface area contributed by atoms with Crippen LogP contribution in [0.3, 0.4) is 0 Å². The molecule has 2 aromatic rings. The fourth-order valence-corrected chi connectivity index (χ4v) is 6.73. The third kappa shape index (κ3) is 3.25. The van der Waals surface area contributed by atoms with E-state index in [4.69, 9.17) is 16.0 Å². The minimum atomic E-state index is 0.536. The third-order valence-corrected chi connectivity index (χ3v) is 8.11. The van der Waals surface area contributed by atoms with Crippen molar-refractivity contribution in [2.45, 2.75) is 65.0 Å². The van der Waals surface area contributed by atoms with E-state index >= 15 is 0 Å². The van der Waals surface area contributed by atoms with Crippen molar-refractivity contribution in [3.05, 3.63) is 46.7 Å². The summed E-state index contributed by atoms with van der Waals surface area (Å²) in [5.41, 5.74) is 2.68. The number of hydrogen-bond donors (Lipinski definition) is 1. The van der Waals surface area contributed by atoms with E-state index in [1.54, 1.807) is 0 Å². The first-order chi connectivity index (χ1) is 13.0. The van der Waals surface area contributed by atoms with Crippen molar-refractivity contribution in [1.29, 1.82) is 0 Å². The van der Waals surface area contributed by atoms with Crippen LogP contribution in [0.15, 0.2) is 34.7 Å². The highest BCUT2D eigenvalue weighted by molar-refractivity contribution is 6.31. The number of hydrogen-bond acceptors (Lipinski definition) is 2. The Balaban J connectivity index is 1.25. The summed E-state index contributed by atoms with van der Waals surface area (Å²) in [7, 11) is 0. The first kappa shape index (κ1) is 17.8. The van der Waals surface area contributed by atoms with Gasteiger partial charge in [0.25, 0.3) is 0 Å². The van der Waals surface area contributed by atoms with Gasteiger partial charge in [0, 0.05) is 16.6 Å². The van der Waals surface area contributed by atoms with Crippen molar-refractivity contribution >= 4 is 11.6 Å². The van der Waals surface area contributed by atoms with Gasteiger partial charge in [0.1, 0.15) is 11.5 Å². The molecule has 1 N–H and O–H groups in total. The number of nitrogens with one attached hydrogen (secondary N) is 1. The largest absolute Gasteiger partial charge is 0.460 e. The fourth-order valence-electron chi connectivity index (χ4n) is 6.55. The second-order valence-corrected chi connectivity index (χ2v) is 10.0. The standard InChI is InChI=1S/C24H30ClNO/c1-15-3-4-20(10-22(15)25)23-6-5-21(27-23)14-26-16(2)24-11-17-7-18(12-24)9-19(8-17)13-24/h3-6,10,16-19,26H,7-9,11-14H2,1-2H3. The van der Waals surface area contributed by atoms with Crippen LogP contribution in [-0.4, -0.2) is 6.04 Å². The fraction of sp³-hybridized carbons (Fsp3) is 0.583. The Bertz CT molecular complexity index is 803. The molecular weight excluding hydrogens is 354 g/mol. The van der Waals surface area contributed by atoms with E-state index in [0.717, 1.165) is 52.0 Å². The van der Waals surface area contributed by atoms with Crippen LogP contribution < -0.4 is 5.32 Å². The van der Waals surface area contributed by atoms with Crippen LogP contribution >= 0.6 is 11.6 Å². The lowest BCUT2D eigenvalue weighted by Gasteiger charge is -2.59. The summed E-state index contributed by atoms with van der Waals surface area (Å²) < 4.78 is 6.11. The minimum Gasteiger partial charge on any atom is -0.460 e. The molecule has 1 unspecified atom stereocenters. The molecule has 1 aromatic heterocycles. The lowest BCUT2D eigenvalue weighted by molar-refractivity contribution is -0.0708. The average molecular weight is 384 g/mol. The molecule has 0 radical (unpaired) electrons. The van der Waals surface area contributed by atoms with E-state index in [0.29, 0.717) is 11.5 Å². The predicted octanol–water partition coefficient (Wildman–Crippen LogP) is 6.60. The Morgan fingerprint density at radius 3 is 2.37 bits per heavy atom. The van der Waals surface area contributed by atoms with Gasteiger partial charge in [-0.3, -0.25) is 0 Å². The SMILES string of the molecule is Cc1ccc(-c2ccc(CNC(C)C34CC5CC(CC(C5)C3)C4)o2)cc1Cl. The van der Waals surface area contributed by atoms with Gasteiger partial charge in [-0.15, -0.1) is 0 Å². The Kier molecular flexibility index (Phi) is 4.40. The van der Waals surface area contributed by atoms with E-state index in [9.17, 15) is 0 Å². The van der Waals surface area contributed by atoms with Gasteiger partial charge in [-0.1, -0.05) is 23.7 Å². The molecule has 4 bridgehead atoms. The van der Waals surface area contributed by atoms with Gasteiger partial charge in [0.2, 0.25) is 0 Å². The Hall–Kier alpha value is -1.25. The third-order valence-electron chi connectivity index (χ3n) is 7.70. The molecule has 27 heavy (non-hydrogen) atoms. The van der Waals surface area contributed by atoms with E-state index in [1.807, 2.05) is 19.1 Å². The summed E-state index contributed by atoms with van der Waals surface area (Å²) >= 11 is 6.27. The first-order valence-electron chi connectivity index (χ1n) is 10.6. The quantitative estimate of drug-likeness (QED) is 0.628. The summed E-state index contributed by atoms with van der Waals surface area (Å²) in [6, 6.07) is 10.8. The predicted molar refractivity (Wildman–Crippen MR) is 111 cm³/mol. The maximum atomic E-state index is 6.27. The molecule has 0 saturated heterocycles. The van der Waals surface area contributed by atoms with Crippen molar-refractivity contribution in [3.8, 4) is 11.3 Å². The van der Waals surface area contributed by atoms with Gasteiger partial charge in [-0.05, 0) is 99.3 Å². The van der Waals surface area contributed by atoms with Gasteiger partial charge in [-0.25, -0.2) is 0 Å². The lowest BCUT2D eigenvalue weighted by atomic mass is 9.48. The maximum Gasteiger partial charge on any atom is 0.134 e. The van der Waals surface area contributed by atoms with Crippen LogP contribution in [-0.2, 0) is 6.54 Å². The maximum absolute atomic E-state index is 6.27. The van der Waals surface area contributed by atoms with Crippen LogP contribution in [0, 0.1) is 30.1 Å². The molecule has 0 aliphatic heterocycles. The first-order valence-corrected chi connectivity index (χ1v) is 11.0. The van der Waals surface area contributed by atoms with Crippen molar-refractivity contribution in [1.82, 2.24) is 5.32 Å². The zero-order valence-corrected chi connectivity index (χ0v) is 17.2. The minimum absolute atomic E-state index is 0.536. The topological polar surface area (TPSA) is 25.2 Å². The van der Waals surface area contributed by atoms with Gasteiger partial charge >= 0.3 is 0 Å². The zero-order valence-electron chi connectivity index (χ0n) is 16.4. The molecule has 6 rings (SSSR count). The number of benzene rings is 1. The monoisotopic (exact) mass is 383 g/mol. The molecule has 4 aliphatic rings. The van der Waals surface area contributed by atoms with E-state index in [1.165, 1.54) is 38.5 Å². The summed E-state index contributed by atoms with van der Waals surface area (Å²) in [5.74, 6) is 4.92. The zero-order chi connectivity index (χ0) is 18.6. The van der Waals surface area contributed by atoms with Crippen LogP contribution in [0.2, 0.25) is 5.02 Å². The summed E-state index contributed by atoms with van der Waals surface area (Å²) in [5, 5.41) is 4.61. The van der Waals surface area contributed by atoms with Crippen LogP contribution in [0.4, 0.5) is 0 Å². The van der Waals surface area contributed by atoms with Gasteiger partial charge in [0.05, 0.1) is 6.54 Å². The number of aryl methyl sites for hydroxylation is 1. The molecule has 0 spiro atoms. The van der Waals surface area contributed by atoms with Crippen LogP contribution in [0.5, 0.6) is 0 Å². The molecule has 1 heterocycles. The van der Waals surface area contributed by atoms with Crippen LogP contribution in [0.1, 0.15) is 56.8 Å². The Morgan fingerprint density at radius 2 is 1.74 bits per heavy atom. The molecule has 1 atom stereocenters. The second-order valence-electron chi connectivity index (χ2n) is 9.61. The number of halogens is 1. The molecular formula is C24H30ClNO. The van der Waals surface area contributed by atoms with Crippen molar-refractivity contribution < 1.29 is 4.42 Å². The summed E-state index contributed by atoms with van der Waals surface area (Å²) in [4.78, 5) is 0. The molecule has 3 heteroatoms. The van der Waals surface area contributed by atoms with E-state index in [2.05, 4.69) is 30.4 Å². The van der Waals surface area contributed by atoms with Gasteiger partial charge < -0.3 is 9.73 Å². The molecule has 4 saturated carbocycles. The highest BCUT2D eigenvalue weighted by Crippen LogP contribution is 2.61. The van der Waals surface area contributed by atoms with Gasteiger partial charge in [-0.2, -0.15) is 0 Å². The smallest absolute Gasteiger partial charge is 0.134 e. The van der Waals surface area contributed by atoms with Crippen molar-refractivity contribution in [3.63, 3.8) is 0 Å². The number of rotatable bonds is 5. The Morgan fingerprint density at radius 1 is 1.07 bits per heavy atom. The second kappa shape index (κ2) is 6.67. The normalized spacial score (nSPS) is 32.8. The van der Waals surface area contributed by atoms with Gasteiger partial charge in [0.15, 0.2) is 0 Å². The molecule has 144 valence electrons. The van der Waals surface area contributed by atoms with E-state index in [-0.39, 0.29) is 0 Å². The summed E-state index contributed by atoms with van der Waals surface area (Å²) in [6.45, 7) is 5.24.